The van der Waals surface area contributed by atoms with E-state index >= 15 is 0 Å². The largest absolute Gasteiger partial charge is 0.479 e. The molecule has 1 atom stereocenters. The molecule has 0 aliphatic heterocycles. The normalized spacial score (nSPS) is 17.2. The molecule has 4 nitrogen and oxygen atoms in total. The lowest BCUT2D eigenvalue weighted by molar-refractivity contribution is -0.145. The number of aliphatic carboxylic acids is 1. The van der Waals surface area contributed by atoms with Crippen LogP contribution in [-0.2, 0) is 4.79 Å². The fourth-order valence-corrected chi connectivity index (χ4v) is 0.212. The number of nitriles is 1. The van der Waals surface area contributed by atoms with Gasteiger partial charge in [-0.2, -0.15) is 5.26 Å². The maximum absolute atomic E-state index is 9.45. The number of carboxylic acids is 1. The van der Waals surface area contributed by atoms with Crippen molar-refractivity contribution in [3.8, 4) is 6.07 Å². The van der Waals surface area contributed by atoms with E-state index in [4.69, 9.17) is 15.5 Å². The third-order valence-electron chi connectivity index (χ3n) is 1.12. The molecule has 2 N–H and O–H groups in total. The molecule has 0 spiro atoms. The standard InChI is InChI=1S/C4H5N.C3H6O3/c5-3-4-1-2-4;1-2(4)3(5)6/h4H,1-2H2;2,4H,1H3,(H,5,6)/t;2-/m.0/s1. The van der Waals surface area contributed by atoms with Gasteiger partial charge in [0.1, 0.15) is 6.10 Å². The second kappa shape index (κ2) is 4.69. The van der Waals surface area contributed by atoms with Gasteiger partial charge >= 0.3 is 5.97 Å². The topological polar surface area (TPSA) is 81.3 Å². The molecule has 0 aromatic rings. The third kappa shape index (κ3) is 6.81. The zero-order valence-corrected chi connectivity index (χ0v) is 6.32. The van der Waals surface area contributed by atoms with E-state index in [1.807, 2.05) is 0 Å². The molecule has 62 valence electrons. The lowest BCUT2D eigenvalue weighted by atomic mass is 10.4. The van der Waals surface area contributed by atoms with Crippen molar-refractivity contribution in [2.75, 3.05) is 0 Å². The van der Waals surface area contributed by atoms with E-state index in [9.17, 15) is 4.79 Å². The minimum absolute atomic E-state index is 0.440. The number of aliphatic hydroxyl groups is 1. The van der Waals surface area contributed by atoms with Gasteiger partial charge in [-0.05, 0) is 19.8 Å². The summed E-state index contributed by atoms with van der Waals surface area (Å²) in [4.78, 5) is 9.45. The molecule has 0 heterocycles. The van der Waals surface area contributed by atoms with Gasteiger partial charge in [0.25, 0.3) is 0 Å². The van der Waals surface area contributed by atoms with Crippen LogP contribution in [0.3, 0.4) is 0 Å². The third-order valence-corrected chi connectivity index (χ3v) is 1.12. The summed E-state index contributed by atoms with van der Waals surface area (Å²) in [5, 5.41) is 23.7. The Kier molecular flexibility index (Phi) is 4.23. The zero-order chi connectivity index (χ0) is 8.85. The molecule has 1 aliphatic carbocycles. The van der Waals surface area contributed by atoms with E-state index in [1.54, 1.807) is 0 Å². The minimum Gasteiger partial charge on any atom is -0.479 e. The molecule has 0 aromatic heterocycles. The Bertz CT molecular complexity index is 167. The average molecular weight is 157 g/mol. The van der Waals surface area contributed by atoms with Gasteiger partial charge in [0.15, 0.2) is 0 Å². The van der Waals surface area contributed by atoms with Gasteiger partial charge in [-0.15, -0.1) is 0 Å². The maximum Gasteiger partial charge on any atom is 0.332 e. The van der Waals surface area contributed by atoms with Gasteiger partial charge in [-0.25, -0.2) is 4.79 Å². The molecule has 4 heteroatoms. The van der Waals surface area contributed by atoms with E-state index in [1.165, 1.54) is 6.92 Å². The SMILES string of the molecule is C[C@H](O)C(=O)O.N#CC1CC1. The van der Waals surface area contributed by atoms with Crippen LogP contribution in [-0.4, -0.2) is 22.3 Å². The van der Waals surface area contributed by atoms with Crippen LogP contribution in [0, 0.1) is 17.2 Å². The van der Waals surface area contributed by atoms with Crippen molar-refractivity contribution >= 4 is 5.97 Å². The summed E-state index contributed by atoms with van der Waals surface area (Å²) in [6.07, 6.45) is 1.07. The number of nitrogens with zero attached hydrogens (tertiary/aromatic N) is 1. The summed E-state index contributed by atoms with van der Waals surface area (Å²) in [6.45, 7) is 1.20. The lowest BCUT2D eigenvalue weighted by Crippen LogP contribution is -2.13. The van der Waals surface area contributed by atoms with E-state index < -0.39 is 12.1 Å². The highest BCUT2D eigenvalue weighted by molar-refractivity contribution is 5.71. The molecule has 0 bridgehead atoms. The van der Waals surface area contributed by atoms with E-state index in [2.05, 4.69) is 6.07 Å². The Morgan fingerprint density at radius 1 is 1.73 bits per heavy atom. The molecule has 0 aromatic carbocycles. The molecule has 0 radical (unpaired) electrons. The number of carboxylic acid groups (broad SMARTS) is 1. The van der Waals surface area contributed by atoms with Crippen LogP contribution in [0.4, 0.5) is 0 Å². The zero-order valence-electron chi connectivity index (χ0n) is 6.32. The van der Waals surface area contributed by atoms with Crippen molar-refractivity contribution in [3.05, 3.63) is 0 Å². The Labute approximate surface area is 65.1 Å². The smallest absolute Gasteiger partial charge is 0.332 e. The fraction of sp³-hybridized carbons (Fsp3) is 0.714. The summed E-state index contributed by atoms with van der Waals surface area (Å²) >= 11 is 0. The van der Waals surface area contributed by atoms with Gasteiger partial charge in [0.2, 0.25) is 0 Å². The Morgan fingerprint density at radius 2 is 2.09 bits per heavy atom. The quantitative estimate of drug-likeness (QED) is 0.576. The van der Waals surface area contributed by atoms with E-state index in [0.717, 1.165) is 12.8 Å². The fourth-order valence-electron chi connectivity index (χ4n) is 0.212. The highest BCUT2D eigenvalue weighted by Crippen LogP contribution is 2.26. The van der Waals surface area contributed by atoms with Crippen molar-refractivity contribution < 1.29 is 15.0 Å². The maximum atomic E-state index is 9.45. The van der Waals surface area contributed by atoms with Crippen molar-refractivity contribution in [3.63, 3.8) is 0 Å². The molecule has 0 amide bonds. The number of aliphatic hydroxyl groups excluding tert-OH is 1. The minimum atomic E-state index is -1.23. The molecule has 11 heavy (non-hydrogen) atoms. The second-order valence-electron chi connectivity index (χ2n) is 2.42. The first kappa shape index (κ1) is 9.92. The van der Waals surface area contributed by atoms with Crippen LogP contribution < -0.4 is 0 Å². The van der Waals surface area contributed by atoms with Gasteiger partial charge < -0.3 is 10.2 Å². The molecule has 1 aliphatic rings. The Balaban J connectivity index is 0.000000183. The number of carbonyl (C=O) groups is 1. The number of rotatable bonds is 1. The first-order valence-corrected chi connectivity index (χ1v) is 3.38. The van der Waals surface area contributed by atoms with Crippen LogP contribution in [0.5, 0.6) is 0 Å². The van der Waals surface area contributed by atoms with Gasteiger partial charge in [-0.3, -0.25) is 0 Å². The first-order chi connectivity index (χ1) is 5.07. The second-order valence-corrected chi connectivity index (χ2v) is 2.42. The Morgan fingerprint density at radius 3 is 2.09 bits per heavy atom. The number of hydrogen-bond acceptors (Lipinski definition) is 3. The molecular formula is C7H11NO3. The average Bonchev–Trinajstić information content (AvgIpc) is 2.70. The van der Waals surface area contributed by atoms with Crippen LogP contribution in [0.1, 0.15) is 19.8 Å². The Hall–Kier alpha value is -1.08. The van der Waals surface area contributed by atoms with Gasteiger partial charge in [0, 0.05) is 5.92 Å². The predicted molar refractivity (Wildman–Crippen MR) is 37.7 cm³/mol. The molecular weight excluding hydrogens is 146 g/mol. The van der Waals surface area contributed by atoms with Gasteiger partial charge in [-0.1, -0.05) is 0 Å². The molecule has 1 saturated carbocycles. The molecule has 0 unspecified atom stereocenters. The van der Waals surface area contributed by atoms with E-state index in [-0.39, 0.29) is 0 Å². The van der Waals surface area contributed by atoms with Crippen LogP contribution in [0.15, 0.2) is 0 Å². The summed E-state index contributed by atoms with van der Waals surface area (Å²) in [5.41, 5.74) is 0. The lowest BCUT2D eigenvalue weighted by Gasteiger charge is -1.89. The predicted octanol–water partition coefficient (Wildman–Crippen LogP) is 0.372. The summed E-state index contributed by atoms with van der Waals surface area (Å²) < 4.78 is 0. The molecule has 1 fully saturated rings. The summed E-state index contributed by atoms with van der Waals surface area (Å²) in [7, 11) is 0. The van der Waals surface area contributed by atoms with Crippen LogP contribution >= 0.6 is 0 Å². The highest BCUT2D eigenvalue weighted by Gasteiger charge is 2.19. The summed E-state index contributed by atoms with van der Waals surface area (Å²) in [5.74, 6) is -0.745. The molecule has 0 saturated heterocycles. The highest BCUT2D eigenvalue weighted by atomic mass is 16.4. The van der Waals surface area contributed by atoms with Crippen molar-refractivity contribution in [2.24, 2.45) is 5.92 Å². The van der Waals surface area contributed by atoms with Crippen LogP contribution in [0.25, 0.3) is 0 Å². The molecule has 1 rings (SSSR count). The summed E-state index contributed by atoms with van der Waals surface area (Å²) in [6, 6.07) is 2.14. The van der Waals surface area contributed by atoms with Crippen molar-refractivity contribution in [2.45, 2.75) is 25.9 Å². The monoisotopic (exact) mass is 157 g/mol. The number of hydrogen-bond donors (Lipinski definition) is 2. The van der Waals surface area contributed by atoms with E-state index in [0.29, 0.717) is 5.92 Å². The van der Waals surface area contributed by atoms with Crippen molar-refractivity contribution in [1.82, 2.24) is 0 Å². The van der Waals surface area contributed by atoms with Crippen molar-refractivity contribution in [1.29, 1.82) is 5.26 Å². The van der Waals surface area contributed by atoms with Gasteiger partial charge in [0.05, 0.1) is 6.07 Å². The van der Waals surface area contributed by atoms with Crippen LogP contribution in [0.2, 0.25) is 0 Å². The first-order valence-electron chi connectivity index (χ1n) is 3.38.